The first-order valence-electron chi connectivity index (χ1n) is 15.8. The Balaban J connectivity index is 1.11. The molecule has 9 aromatic rings. The van der Waals surface area contributed by atoms with Crippen molar-refractivity contribution in [2.24, 2.45) is 0 Å². The number of hydrogen-bond acceptors (Lipinski definition) is 3. The zero-order valence-corrected chi connectivity index (χ0v) is 25.5. The molecule has 0 fully saturated rings. The quantitative estimate of drug-likeness (QED) is 0.189. The molecule has 0 unspecified atom stereocenters. The third-order valence-electron chi connectivity index (χ3n) is 8.91. The Hall–Kier alpha value is -6.32. The molecule has 2 heterocycles. The molecule has 0 saturated heterocycles. The van der Waals surface area contributed by atoms with Crippen LogP contribution in [0.5, 0.6) is 0 Å². The van der Waals surface area contributed by atoms with Gasteiger partial charge < -0.3 is 13.7 Å². The van der Waals surface area contributed by atoms with Crippen LogP contribution in [0.2, 0.25) is 0 Å². The fourth-order valence-electron chi connectivity index (χ4n) is 6.54. The molecule has 0 atom stereocenters. The van der Waals surface area contributed by atoms with Gasteiger partial charge in [-0.15, -0.1) is 0 Å². The van der Waals surface area contributed by atoms with Gasteiger partial charge in [-0.2, -0.15) is 0 Å². The summed E-state index contributed by atoms with van der Waals surface area (Å²) in [5, 5.41) is 3.37. The molecular weight excluding hydrogens is 574 g/mol. The fraction of sp³-hybridized carbons (Fsp3) is 0. The van der Waals surface area contributed by atoms with E-state index >= 15 is 0 Å². The highest BCUT2D eigenvalue weighted by Crippen LogP contribution is 2.40. The monoisotopic (exact) mass is 603 g/mol. The van der Waals surface area contributed by atoms with E-state index in [1.54, 1.807) is 0 Å². The smallest absolute Gasteiger partial charge is 0.143 e. The van der Waals surface area contributed by atoms with Gasteiger partial charge in [-0.05, 0) is 83.4 Å². The average molecular weight is 604 g/mol. The minimum Gasteiger partial charge on any atom is -0.456 e. The third-order valence-corrected chi connectivity index (χ3v) is 8.91. The summed E-state index contributed by atoms with van der Waals surface area (Å²) < 4.78 is 12.5. The lowest BCUT2D eigenvalue weighted by molar-refractivity contribution is 0.631. The van der Waals surface area contributed by atoms with E-state index < -0.39 is 0 Å². The number of fused-ring (bicyclic) bond motifs is 4. The van der Waals surface area contributed by atoms with Crippen LogP contribution in [0.1, 0.15) is 0 Å². The molecule has 3 heteroatoms. The van der Waals surface area contributed by atoms with Crippen LogP contribution in [-0.2, 0) is 0 Å². The zero-order valence-electron chi connectivity index (χ0n) is 25.5. The van der Waals surface area contributed by atoms with E-state index in [1.165, 1.54) is 11.1 Å². The molecule has 7 aromatic carbocycles. The summed E-state index contributed by atoms with van der Waals surface area (Å²) in [6.07, 6.45) is 0. The molecule has 0 spiro atoms. The second kappa shape index (κ2) is 11.2. The lowest BCUT2D eigenvalue weighted by atomic mass is 10.0. The molecule has 0 radical (unpaired) electrons. The van der Waals surface area contributed by atoms with Crippen molar-refractivity contribution in [1.29, 1.82) is 0 Å². The Morgan fingerprint density at radius 3 is 1.62 bits per heavy atom. The van der Waals surface area contributed by atoms with Crippen molar-refractivity contribution in [3.05, 3.63) is 176 Å². The molecular formula is C44H29NO2. The summed E-state index contributed by atoms with van der Waals surface area (Å²) in [7, 11) is 0. The molecule has 9 rings (SSSR count). The number of benzene rings is 7. The van der Waals surface area contributed by atoms with E-state index in [0.29, 0.717) is 0 Å². The largest absolute Gasteiger partial charge is 0.456 e. The van der Waals surface area contributed by atoms with Crippen LogP contribution in [0.3, 0.4) is 0 Å². The van der Waals surface area contributed by atoms with Crippen LogP contribution in [0.15, 0.2) is 185 Å². The van der Waals surface area contributed by atoms with Crippen LogP contribution in [0.25, 0.3) is 66.5 Å². The standard InChI is InChI=1S/C44H29NO2/c1-2-9-30(10-3-1)31-17-23-35(24-18-31)45(37-27-21-33(22-28-37)43-29-34-11-4-6-15-41(34)46-43)36-25-19-32(20-26-36)38-13-8-14-40-39-12-5-7-16-42(39)47-44(38)40/h1-29H. The highest BCUT2D eigenvalue weighted by molar-refractivity contribution is 6.09. The van der Waals surface area contributed by atoms with Gasteiger partial charge in [0.05, 0.1) is 0 Å². The van der Waals surface area contributed by atoms with E-state index in [-0.39, 0.29) is 0 Å². The normalized spacial score (nSPS) is 11.4. The SMILES string of the molecule is c1ccc(-c2ccc(N(c3ccc(-c4cc5ccccc5o4)cc3)c3ccc(-c4cccc5c4oc4ccccc45)cc3)cc2)cc1. The Labute approximate surface area is 272 Å². The van der Waals surface area contributed by atoms with Crippen LogP contribution in [0.4, 0.5) is 17.1 Å². The van der Waals surface area contributed by atoms with Gasteiger partial charge in [-0.3, -0.25) is 0 Å². The maximum Gasteiger partial charge on any atom is 0.143 e. The molecule has 0 aliphatic rings. The van der Waals surface area contributed by atoms with Crippen molar-refractivity contribution in [2.45, 2.75) is 0 Å². The molecule has 0 saturated carbocycles. The first-order chi connectivity index (χ1) is 23.3. The highest BCUT2D eigenvalue weighted by atomic mass is 16.3. The van der Waals surface area contributed by atoms with Gasteiger partial charge in [0.1, 0.15) is 22.5 Å². The van der Waals surface area contributed by atoms with Crippen molar-refractivity contribution in [3.8, 4) is 33.6 Å². The third kappa shape index (κ3) is 4.86. The highest BCUT2D eigenvalue weighted by Gasteiger charge is 2.16. The van der Waals surface area contributed by atoms with Crippen LogP contribution >= 0.6 is 0 Å². The summed E-state index contributed by atoms with van der Waals surface area (Å²) >= 11 is 0. The maximum atomic E-state index is 6.35. The summed E-state index contributed by atoms with van der Waals surface area (Å²) in [5.41, 5.74) is 11.5. The van der Waals surface area contributed by atoms with E-state index in [0.717, 1.165) is 72.4 Å². The number of furan rings is 2. The van der Waals surface area contributed by atoms with Gasteiger partial charge in [0.15, 0.2) is 0 Å². The second-order valence-corrected chi connectivity index (χ2v) is 11.8. The van der Waals surface area contributed by atoms with E-state index in [1.807, 2.05) is 36.4 Å². The molecule has 0 aliphatic heterocycles. The first-order valence-corrected chi connectivity index (χ1v) is 15.8. The predicted octanol–water partition coefficient (Wildman–Crippen LogP) is 12.8. The molecule has 0 aliphatic carbocycles. The van der Waals surface area contributed by atoms with Gasteiger partial charge >= 0.3 is 0 Å². The second-order valence-electron chi connectivity index (χ2n) is 11.8. The number of nitrogens with zero attached hydrogens (tertiary/aromatic N) is 1. The van der Waals surface area contributed by atoms with Crippen molar-refractivity contribution in [2.75, 3.05) is 4.90 Å². The predicted molar refractivity (Wildman–Crippen MR) is 194 cm³/mol. The van der Waals surface area contributed by atoms with Gasteiger partial charge in [0.2, 0.25) is 0 Å². The van der Waals surface area contributed by atoms with E-state index in [4.69, 9.17) is 8.83 Å². The van der Waals surface area contributed by atoms with Gasteiger partial charge in [-0.1, -0.05) is 109 Å². The van der Waals surface area contributed by atoms with Crippen molar-refractivity contribution >= 4 is 50.0 Å². The molecule has 2 aromatic heterocycles. The lowest BCUT2D eigenvalue weighted by Crippen LogP contribution is -2.09. The van der Waals surface area contributed by atoms with E-state index in [2.05, 4.69) is 144 Å². The maximum absolute atomic E-state index is 6.35. The Kier molecular flexibility index (Phi) is 6.46. The molecule has 0 bridgehead atoms. The Morgan fingerprint density at radius 2 is 0.915 bits per heavy atom. The molecule has 0 N–H and O–H groups in total. The van der Waals surface area contributed by atoms with Crippen molar-refractivity contribution in [1.82, 2.24) is 0 Å². The van der Waals surface area contributed by atoms with Crippen molar-refractivity contribution < 1.29 is 8.83 Å². The number of hydrogen-bond donors (Lipinski definition) is 0. The summed E-state index contributed by atoms with van der Waals surface area (Å²) in [5.74, 6) is 0.862. The fourth-order valence-corrected chi connectivity index (χ4v) is 6.54. The minimum atomic E-state index is 0.862. The summed E-state index contributed by atoms with van der Waals surface area (Å²) in [6.45, 7) is 0. The Bertz CT molecular complexity index is 2450. The average Bonchev–Trinajstić information content (AvgIpc) is 3.75. The van der Waals surface area contributed by atoms with E-state index in [9.17, 15) is 0 Å². The van der Waals surface area contributed by atoms with Crippen molar-refractivity contribution in [3.63, 3.8) is 0 Å². The van der Waals surface area contributed by atoms with Crippen LogP contribution < -0.4 is 4.90 Å². The van der Waals surface area contributed by atoms with Crippen LogP contribution in [0, 0.1) is 0 Å². The number of para-hydroxylation sites is 3. The number of anilines is 3. The topological polar surface area (TPSA) is 29.5 Å². The lowest BCUT2D eigenvalue weighted by Gasteiger charge is -2.26. The zero-order chi connectivity index (χ0) is 31.2. The molecule has 47 heavy (non-hydrogen) atoms. The summed E-state index contributed by atoms with van der Waals surface area (Å²) in [4.78, 5) is 2.29. The van der Waals surface area contributed by atoms with Gasteiger partial charge in [0, 0.05) is 44.3 Å². The molecule has 222 valence electrons. The number of rotatable bonds is 6. The van der Waals surface area contributed by atoms with Gasteiger partial charge in [0.25, 0.3) is 0 Å². The molecule has 0 amide bonds. The first kappa shape index (κ1) is 27.0. The molecule has 3 nitrogen and oxygen atoms in total. The Morgan fingerprint density at radius 1 is 0.362 bits per heavy atom. The minimum absolute atomic E-state index is 0.862. The summed E-state index contributed by atoms with van der Waals surface area (Å²) in [6, 6.07) is 61.4. The van der Waals surface area contributed by atoms with Gasteiger partial charge in [-0.25, -0.2) is 0 Å². The van der Waals surface area contributed by atoms with Crippen LogP contribution in [-0.4, -0.2) is 0 Å².